The van der Waals surface area contributed by atoms with Gasteiger partial charge in [-0.3, -0.25) is 9.36 Å². The number of aromatic nitrogens is 4. The molecule has 3 N–H and O–H groups in total. The molecule has 4 rings (SSSR count). The van der Waals surface area contributed by atoms with Crippen LogP contribution < -0.4 is 16.6 Å². The molecule has 8 heteroatoms. The number of nitrogens with one attached hydrogen (secondary N) is 1. The average Bonchev–Trinajstić information content (AvgIpc) is 2.73. The minimum atomic E-state index is -0.347. The number of anilines is 2. The summed E-state index contributed by atoms with van der Waals surface area (Å²) in [5.41, 5.74) is 7.69. The molecule has 0 amide bonds. The zero-order chi connectivity index (χ0) is 21.3. The van der Waals surface area contributed by atoms with Crippen molar-refractivity contribution >= 4 is 34.3 Å². The van der Waals surface area contributed by atoms with Crippen molar-refractivity contribution in [2.24, 2.45) is 0 Å². The number of hydrogen-bond acceptors (Lipinski definition) is 6. The van der Waals surface area contributed by atoms with Crippen LogP contribution >= 0.6 is 11.6 Å². The lowest BCUT2D eigenvalue weighted by atomic mass is 10.2. The highest BCUT2D eigenvalue weighted by Gasteiger charge is 2.20. The molecule has 4 aromatic rings. The first-order valence-electron chi connectivity index (χ1n) is 9.64. The lowest BCUT2D eigenvalue weighted by Crippen LogP contribution is -2.27. The van der Waals surface area contributed by atoms with E-state index in [1.54, 1.807) is 22.8 Å². The molecule has 152 valence electrons. The Labute approximate surface area is 178 Å². The predicted octanol–water partition coefficient (Wildman–Crippen LogP) is 4.15. The van der Waals surface area contributed by atoms with Crippen LogP contribution in [0.25, 0.3) is 16.6 Å². The van der Waals surface area contributed by atoms with Crippen molar-refractivity contribution in [3.63, 3.8) is 0 Å². The molecular weight excluding hydrogens is 400 g/mol. The third kappa shape index (κ3) is 3.71. The summed E-state index contributed by atoms with van der Waals surface area (Å²) in [6, 6.07) is 16.1. The molecular formula is C22H21ClN6O. The van der Waals surface area contributed by atoms with Crippen LogP contribution in [0.5, 0.6) is 0 Å². The molecule has 2 aromatic carbocycles. The lowest BCUT2D eigenvalue weighted by Gasteiger charge is -2.20. The summed E-state index contributed by atoms with van der Waals surface area (Å²) < 4.78 is 1.58. The highest BCUT2D eigenvalue weighted by Crippen LogP contribution is 2.24. The van der Waals surface area contributed by atoms with Crippen molar-refractivity contribution in [2.45, 2.75) is 26.3 Å². The quantitative estimate of drug-likeness (QED) is 0.503. The van der Waals surface area contributed by atoms with E-state index in [0.29, 0.717) is 33.3 Å². The fourth-order valence-electron chi connectivity index (χ4n) is 3.38. The van der Waals surface area contributed by atoms with Crippen molar-refractivity contribution in [1.82, 2.24) is 19.5 Å². The molecule has 0 fully saturated rings. The second-order valence-corrected chi connectivity index (χ2v) is 7.31. The zero-order valence-electron chi connectivity index (χ0n) is 16.6. The molecule has 0 radical (unpaired) electrons. The topological polar surface area (TPSA) is 98.7 Å². The van der Waals surface area contributed by atoms with Gasteiger partial charge in [0.25, 0.3) is 5.56 Å². The maximum absolute atomic E-state index is 13.4. The van der Waals surface area contributed by atoms with Gasteiger partial charge in [-0.15, -0.1) is 0 Å². The van der Waals surface area contributed by atoms with E-state index in [2.05, 4.69) is 15.3 Å². The second kappa shape index (κ2) is 8.12. The van der Waals surface area contributed by atoms with Gasteiger partial charge in [0.15, 0.2) is 0 Å². The SMILES string of the molecule is CCc1cc(N[C@H](C)c2nc3cccc(Cl)c3c(=O)n2-c2ccccc2)nc(N)n1. The van der Waals surface area contributed by atoms with E-state index < -0.39 is 0 Å². The molecule has 0 unspecified atom stereocenters. The van der Waals surface area contributed by atoms with Crippen molar-refractivity contribution in [3.8, 4) is 5.69 Å². The molecule has 1 atom stereocenters. The van der Waals surface area contributed by atoms with Gasteiger partial charge in [0, 0.05) is 11.8 Å². The molecule has 0 bridgehead atoms. The average molecular weight is 421 g/mol. The van der Waals surface area contributed by atoms with Gasteiger partial charge in [0.05, 0.1) is 27.7 Å². The molecule has 30 heavy (non-hydrogen) atoms. The summed E-state index contributed by atoms with van der Waals surface area (Å²) in [5, 5.41) is 4.06. The van der Waals surface area contributed by atoms with E-state index in [9.17, 15) is 4.79 Å². The van der Waals surface area contributed by atoms with E-state index in [4.69, 9.17) is 22.3 Å². The number of nitrogen functional groups attached to an aromatic ring is 1. The van der Waals surface area contributed by atoms with Gasteiger partial charge in [0.1, 0.15) is 11.6 Å². The zero-order valence-corrected chi connectivity index (χ0v) is 17.4. The van der Waals surface area contributed by atoms with E-state index in [1.807, 2.05) is 50.2 Å². The van der Waals surface area contributed by atoms with Crippen LogP contribution in [-0.2, 0) is 6.42 Å². The Balaban J connectivity index is 1.89. The monoisotopic (exact) mass is 420 g/mol. The Hall–Kier alpha value is -3.45. The fourth-order valence-corrected chi connectivity index (χ4v) is 3.63. The Morgan fingerprint density at radius 3 is 2.60 bits per heavy atom. The lowest BCUT2D eigenvalue weighted by molar-refractivity contribution is 0.730. The molecule has 0 spiro atoms. The molecule has 0 aliphatic carbocycles. The fraction of sp³-hybridized carbons (Fsp3) is 0.182. The van der Waals surface area contributed by atoms with Crippen molar-refractivity contribution in [1.29, 1.82) is 0 Å². The third-order valence-electron chi connectivity index (χ3n) is 4.80. The maximum atomic E-state index is 13.4. The van der Waals surface area contributed by atoms with E-state index in [-0.39, 0.29) is 17.5 Å². The van der Waals surface area contributed by atoms with Gasteiger partial charge in [-0.25, -0.2) is 9.97 Å². The van der Waals surface area contributed by atoms with Crippen molar-refractivity contribution in [2.75, 3.05) is 11.1 Å². The minimum absolute atomic E-state index is 0.197. The first-order chi connectivity index (χ1) is 14.5. The van der Waals surface area contributed by atoms with E-state index >= 15 is 0 Å². The van der Waals surface area contributed by atoms with Gasteiger partial charge < -0.3 is 11.1 Å². The standard InChI is InChI=1S/C22H21ClN6O/c1-3-14-12-18(28-22(24)26-14)25-13(2)20-27-17-11-7-10-16(23)19(17)21(30)29(20)15-8-5-4-6-9-15/h4-13H,3H2,1-2H3,(H3,24,25,26,28)/t13-/m1/s1. The number of fused-ring (bicyclic) bond motifs is 1. The highest BCUT2D eigenvalue weighted by atomic mass is 35.5. The van der Waals surface area contributed by atoms with Gasteiger partial charge in [-0.1, -0.05) is 42.8 Å². The van der Waals surface area contributed by atoms with E-state index in [0.717, 1.165) is 12.1 Å². The van der Waals surface area contributed by atoms with Crippen LogP contribution in [-0.4, -0.2) is 19.5 Å². The van der Waals surface area contributed by atoms with Gasteiger partial charge in [-0.2, -0.15) is 4.98 Å². The number of nitrogens with zero attached hydrogens (tertiary/aromatic N) is 4. The van der Waals surface area contributed by atoms with Gasteiger partial charge in [-0.05, 0) is 37.6 Å². The number of aryl methyl sites for hydroxylation is 1. The van der Waals surface area contributed by atoms with Crippen LogP contribution in [0, 0.1) is 0 Å². The largest absolute Gasteiger partial charge is 0.368 e. The molecule has 0 saturated heterocycles. The van der Waals surface area contributed by atoms with Crippen LogP contribution in [0.4, 0.5) is 11.8 Å². The van der Waals surface area contributed by atoms with E-state index in [1.165, 1.54) is 0 Å². The van der Waals surface area contributed by atoms with Crippen molar-refractivity contribution < 1.29 is 0 Å². The number of para-hydroxylation sites is 1. The van der Waals surface area contributed by atoms with Crippen molar-refractivity contribution in [3.05, 3.63) is 81.5 Å². The normalized spacial score (nSPS) is 12.1. The number of hydrogen-bond donors (Lipinski definition) is 2. The highest BCUT2D eigenvalue weighted by molar-refractivity contribution is 6.35. The molecule has 0 saturated carbocycles. The summed E-state index contributed by atoms with van der Waals surface area (Å²) >= 11 is 6.33. The summed E-state index contributed by atoms with van der Waals surface area (Å²) in [5.74, 6) is 1.31. The summed E-state index contributed by atoms with van der Waals surface area (Å²) in [4.78, 5) is 26.7. The molecule has 7 nitrogen and oxygen atoms in total. The molecule has 0 aliphatic rings. The molecule has 0 aliphatic heterocycles. The van der Waals surface area contributed by atoms with Gasteiger partial charge in [0.2, 0.25) is 5.95 Å². The number of nitrogens with two attached hydrogens (primary N) is 1. The van der Waals surface area contributed by atoms with Crippen LogP contribution in [0.1, 0.15) is 31.4 Å². The summed E-state index contributed by atoms with van der Waals surface area (Å²) in [6.07, 6.45) is 0.733. The Morgan fingerprint density at radius 1 is 1.10 bits per heavy atom. The van der Waals surface area contributed by atoms with Crippen LogP contribution in [0.2, 0.25) is 5.02 Å². The maximum Gasteiger partial charge on any atom is 0.267 e. The van der Waals surface area contributed by atoms with Crippen LogP contribution in [0.15, 0.2) is 59.4 Å². The first-order valence-corrected chi connectivity index (χ1v) is 10.0. The van der Waals surface area contributed by atoms with Crippen LogP contribution in [0.3, 0.4) is 0 Å². The summed E-state index contributed by atoms with van der Waals surface area (Å²) in [6.45, 7) is 3.91. The Kier molecular flexibility index (Phi) is 5.37. The second-order valence-electron chi connectivity index (χ2n) is 6.90. The third-order valence-corrected chi connectivity index (χ3v) is 5.11. The smallest absolute Gasteiger partial charge is 0.267 e. The molecule has 2 heterocycles. The number of halogens is 1. The number of benzene rings is 2. The Bertz CT molecular complexity index is 1270. The summed E-state index contributed by atoms with van der Waals surface area (Å²) in [7, 11) is 0. The number of rotatable bonds is 5. The first kappa shape index (κ1) is 19.8. The predicted molar refractivity (Wildman–Crippen MR) is 120 cm³/mol. The Morgan fingerprint density at radius 2 is 1.87 bits per heavy atom. The minimum Gasteiger partial charge on any atom is -0.368 e. The van der Waals surface area contributed by atoms with Gasteiger partial charge >= 0.3 is 0 Å². The molecule has 2 aromatic heterocycles.